The zero-order valence-electron chi connectivity index (χ0n) is 8.65. The normalized spacial score (nSPS) is 12.7. The van der Waals surface area contributed by atoms with Crippen LogP contribution in [0.15, 0.2) is 30.3 Å². The van der Waals surface area contributed by atoms with Gasteiger partial charge in [-0.15, -0.1) is 0 Å². The van der Waals surface area contributed by atoms with Crippen LogP contribution in [-0.2, 0) is 0 Å². The van der Waals surface area contributed by atoms with E-state index in [0.29, 0.717) is 5.92 Å². The van der Waals surface area contributed by atoms with Crippen LogP contribution in [0.3, 0.4) is 0 Å². The molecular formula is C12H20N2. The van der Waals surface area contributed by atoms with Crippen molar-refractivity contribution in [3.63, 3.8) is 0 Å². The number of hydrogen-bond donors (Lipinski definition) is 2. The molecule has 0 heterocycles. The molecule has 1 aromatic carbocycles. The zero-order valence-corrected chi connectivity index (χ0v) is 8.65. The Morgan fingerprint density at radius 1 is 0.929 bits per heavy atom. The molecule has 4 N–H and O–H groups in total. The van der Waals surface area contributed by atoms with Crippen molar-refractivity contribution in [2.75, 3.05) is 13.1 Å². The van der Waals surface area contributed by atoms with Crippen LogP contribution in [-0.4, -0.2) is 13.1 Å². The Labute approximate surface area is 86.3 Å². The van der Waals surface area contributed by atoms with E-state index < -0.39 is 0 Å². The van der Waals surface area contributed by atoms with Gasteiger partial charge in [0.15, 0.2) is 0 Å². The van der Waals surface area contributed by atoms with Crippen molar-refractivity contribution >= 4 is 0 Å². The lowest BCUT2D eigenvalue weighted by molar-refractivity contribution is 0.563. The molecule has 0 aliphatic carbocycles. The van der Waals surface area contributed by atoms with Crippen molar-refractivity contribution in [1.29, 1.82) is 0 Å². The lowest BCUT2D eigenvalue weighted by atomic mass is 9.91. The smallest absolute Gasteiger partial charge is 0.00714 e. The third kappa shape index (κ3) is 3.48. The topological polar surface area (TPSA) is 52.0 Å². The number of hydrogen-bond acceptors (Lipinski definition) is 2. The molecular weight excluding hydrogens is 172 g/mol. The van der Waals surface area contributed by atoms with Gasteiger partial charge < -0.3 is 11.5 Å². The van der Waals surface area contributed by atoms with Crippen LogP contribution in [0, 0.1) is 0 Å². The van der Waals surface area contributed by atoms with Gasteiger partial charge in [-0.25, -0.2) is 0 Å². The maximum atomic E-state index is 5.61. The summed E-state index contributed by atoms with van der Waals surface area (Å²) in [5, 5.41) is 0. The standard InChI is InChI=1S/C12H20N2/c13-9-4-7-12(8-10-14)11-5-2-1-3-6-11/h1-3,5-6,12H,4,7-10,13-14H2. The number of benzene rings is 1. The van der Waals surface area contributed by atoms with Gasteiger partial charge in [-0.2, -0.15) is 0 Å². The largest absolute Gasteiger partial charge is 0.330 e. The van der Waals surface area contributed by atoms with Gasteiger partial charge in [0, 0.05) is 0 Å². The second-order valence-corrected chi connectivity index (χ2v) is 3.62. The molecule has 2 heteroatoms. The monoisotopic (exact) mass is 192 g/mol. The molecule has 14 heavy (non-hydrogen) atoms. The molecule has 2 nitrogen and oxygen atoms in total. The highest BCUT2D eigenvalue weighted by atomic mass is 14.5. The molecule has 0 spiro atoms. The van der Waals surface area contributed by atoms with E-state index in [0.717, 1.165) is 32.4 Å². The number of rotatable bonds is 6. The highest BCUT2D eigenvalue weighted by molar-refractivity contribution is 5.19. The Balaban J connectivity index is 2.58. The summed E-state index contributed by atoms with van der Waals surface area (Å²) in [6.45, 7) is 1.53. The van der Waals surface area contributed by atoms with E-state index in [1.165, 1.54) is 5.56 Å². The summed E-state index contributed by atoms with van der Waals surface area (Å²) in [6, 6.07) is 10.6. The maximum Gasteiger partial charge on any atom is -0.00714 e. The third-order valence-electron chi connectivity index (χ3n) is 2.54. The van der Waals surface area contributed by atoms with Gasteiger partial charge in [-0.05, 0) is 43.8 Å². The Hall–Kier alpha value is -0.860. The lowest BCUT2D eigenvalue weighted by Crippen LogP contribution is -2.09. The molecule has 0 fully saturated rings. The molecule has 78 valence electrons. The summed E-state index contributed by atoms with van der Waals surface area (Å²) >= 11 is 0. The van der Waals surface area contributed by atoms with Crippen LogP contribution in [0.5, 0.6) is 0 Å². The predicted octanol–water partition coefficient (Wildman–Crippen LogP) is 1.86. The fourth-order valence-corrected chi connectivity index (χ4v) is 1.77. The van der Waals surface area contributed by atoms with Gasteiger partial charge in [0.1, 0.15) is 0 Å². The fourth-order valence-electron chi connectivity index (χ4n) is 1.77. The van der Waals surface area contributed by atoms with Crippen LogP contribution < -0.4 is 11.5 Å². The average molecular weight is 192 g/mol. The van der Waals surface area contributed by atoms with E-state index in [4.69, 9.17) is 11.5 Å². The van der Waals surface area contributed by atoms with Crippen molar-refractivity contribution in [1.82, 2.24) is 0 Å². The molecule has 0 amide bonds. The second-order valence-electron chi connectivity index (χ2n) is 3.62. The molecule has 0 aromatic heterocycles. The average Bonchev–Trinajstić information content (AvgIpc) is 2.25. The van der Waals surface area contributed by atoms with Crippen molar-refractivity contribution in [3.05, 3.63) is 35.9 Å². The van der Waals surface area contributed by atoms with Crippen molar-refractivity contribution < 1.29 is 0 Å². The molecule has 1 aromatic rings. The van der Waals surface area contributed by atoms with Gasteiger partial charge in [0.25, 0.3) is 0 Å². The molecule has 0 saturated carbocycles. The van der Waals surface area contributed by atoms with Crippen LogP contribution in [0.2, 0.25) is 0 Å². The van der Waals surface area contributed by atoms with E-state index in [-0.39, 0.29) is 0 Å². The van der Waals surface area contributed by atoms with Crippen molar-refractivity contribution in [2.45, 2.75) is 25.2 Å². The summed E-state index contributed by atoms with van der Waals surface area (Å²) in [4.78, 5) is 0. The fraction of sp³-hybridized carbons (Fsp3) is 0.500. The number of nitrogens with two attached hydrogens (primary N) is 2. The quantitative estimate of drug-likeness (QED) is 0.722. The first-order chi connectivity index (χ1) is 6.88. The first-order valence-electron chi connectivity index (χ1n) is 5.33. The van der Waals surface area contributed by atoms with Crippen molar-refractivity contribution in [3.8, 4) is 0 Å². The summed E-state index contributed by atoms with van der Waals surface area (Å²) in [7, 11) is 0. The highest BCUT2D eigenvalue weighted by Crippen LogP contribution is 2.23. The first-order valence-corrected chi connectivity index (χ1v) is 5.33. The molecule has 0 bridgehead atoms. The SMILES string of the molecule is NCCCC(CCN)c1ccccc1. The minimum absolute atomic E-state index is 0.588. The van der Waals surface area contributed by atoms with E-state index in [2.05, 4.69) is 24.3 Å². The van der Waals surface area contributed by atoms with Gasteiger partial charge in [0.2, 0.25) is 0 Å². The minimum atomic E-state index is 0.588. The molecule has 1 unspecified atom stereocenters. The van der Waals surface area contributed by atoms with Gasteiger partial charge in [-0.1, -0.05) is 30.3 Å². The Kier molecular flexibility index (Phi) is 5.27. The maximum absolute atomic E-state index is 5.61. The van der Waals surface area contributed by atoms with Crippen LogP contribution in [0.25, 0.3) is 0 Å². The Morgan fingerprint density at radius 3 is 2.21 bits per heavy atom. The summed E-state index contributed by atoms with van der Waals surface area (Å²) < 4.78 is 0. The van der Waals surface area contributed by atoms with Gasteiger partial charge >= 0.3 is 0 Å². The molecule has 0 aliphatic rings. The zero-order chi connectivity index (χ0) is 10.2. The second kappa shape index (κ2) is 6.57. The molecule has 0 aliphatic heterocycles. The molecule has 1 atom stereocenters. The highest BCUT2D eigenvalue weighted by Gasteiger charge is 2.08. The van der Waals surface area contributed by atoms with E-state index in [1.807, 2.05) is 6.07 Å². The molecule has 0 radical (unpaired) electrons. The molecule has 0 saturated heterocycles. The summed E-state index contributed by atoms with van der Waals surface area (Å²) in [5.74, 6) is 0.588. The summed E-state index contributed by atoms with van der Waals surface area (Å²) in [5.41, 5.74) is 12.5. The Morgan fingerprint density at radius 2 is 1.64 bits per heavy atom. The van der Waals surface area contributed by atoms with Crippen LogP contribution in [0.4, 0.5) is 0 Å². The van der Waals surface area contributed by atoms with E-state index in [1.54, 1.807) is 0 Å². The van der Waals surface area contributed by atoms with E-state index in [9.17, 15) is 0 Å². The first kappa shape index (κ1) is 11.2. The predicted molar refractivity (Wildman–Crippen MR) is 61.1 cm³/mol. The van der Waals surface area contributed by atoms with E-state index >= 15 is 0 Å². The minimum Gasteiger partial charge on any atom is -0.330 e. The van der Waals surface area contributed by atoms with Crippen molar-refractivity contribution in [2.24, 2.45) is 11.5 Å². The molecule has 1 rings (SSSR count). The van der Waals surface area contributed by atoms with Gasteiger partial charge in [-0.3, -0.25) is 0 Å². The van der Waals surface area contributed by atoms with Crippen LogP contribution >= 0.6 is 0 Å². The third-order valence-corrected chi connectivity index (χ3v) is 2.54. The van der Waals surface area contributed by atoms with Crippen LogP contribution in [0.1, 0.15) is 30.7 Å². The lowest BCUT2D eigenvalue weighted by Gasteiger charge is -2.15. The van der Waals surface area contributed by atoms with Gasteiger partial charge in [0.05, 0.1) is 0 Å². The Bertz CT molecular complexity index is 233. The summed E-state index contributed by atoms with van der Waals surface area (Å²) in [6.07, 6.45) is 3.29.